The van der Waals surface area contributed by atoms with Gasteiger partial charge in [0.05, 0.1) is 23.9 Å². The first-order valence-electron chi connectivity index (χ1n) is 13.7. The summed E-state index contributed by atoms with van der Waals surface area (Å²) in [6.45, 7) is 6.22. The van der Waals surface area contributed by atoms with E-state index in [0.29, 0.717) is 40.4 Å². The van der Waals surface area contributed by atoms with Gasteiger partial charge in [0.2, 0.25) is 5.91 Å². The third-order valence-electron chi connectivity index (χ3n) is 7.33. The van der Waals surface area contributed by atoms with E-state index in [1.54, 1.807) is 17.0 Å². The Labute approximate surface area is 238 Å². The normalized spacial score (nSPS) is 17.4. The second-order valence-corrected chi connectivity index (χ2v) is 10.4. The summed E-state index contributed by atoms with van der Waals surface area (Å²) in [5.74, 6) is -0.00635. The summed E-state index contributed by atoms with van der Waals surface area (Å²) in [7, 11) is 0. The number of rotatable bonds is 9. The summed E-state index contributed by atoms with van der Waals surface area (Å²) in [6.07, 6.45) is 0. The Balaban J connectivity index is 1.42. The van der Waals surface area contributed by atoms with Gasteiger partial charge in [0.25, 0.3) is 5.91 Å². The van der Waals surface area contributed by atoms with Gasteiger partial charge in [-0.1, -0.05) is 56.3 Å². The Hall–Kier alpha value is -4.66. The Kier molecular flexibility index (Phi) is 8.05. The summed E-state index contributed by atoms with van der Waals surface area (Å²) in [5, 5.41) is 5.85. The minimum atomic E-state index is -0.788. The molecule has 41 heavy (non-hydrogen) atoms. The maximum atomic E-state index is 14.1. The molecular weight excluding hydrogens is 523 g/mol. The fourth-order valence-electron chi connectivity index (χ4n) is 5.45. The first-order valence-corrected chi connectivity index (χ1v) is 13.7. The zero-order valence-electron chi connectivity index (χ0n) is 23.3. The predicted molar refractivity (Wildman–Crippen MR) is 152 cm³/mol. The van der Waals surface area contributed by atoms with Crippen LogP contribution in [0.5, 0.6) is 11.5 Å². The zero-order valence-corrected chi connectivity index (χ0v) is 23.3. The molecule has 3 aromatic rings. The molecule has 0 spiro atoms. The highest BCUT2D eigenvalue weighted by atomic mass is 19.1. The molecular formula is C32H33FN4O4. The number of amides is 4. The van der Waals surface area contributed by atoms with E-state index in [2.05, 4.69) is 10.6 Å². The van der Waals surface area contributed by atoms with Crippen molar-refractivity contribution in [1.82, 2.24) is 20.4 Å². The monoisotopic (exact) mass is 556 g/mol. The molecule has 4 amide bonds. The number of nitrogens with zero attached hydrogens (tertiary/aromatic N) is 2. The molecule has 0 aromatic heterocycles. The van der Waals surface area contributed by atoms with Crippen molar-refractivity contribution < 1.29 is 23.5 Å². The Morgan fingerprint density at radius 1 is 1.02 bits per heavy atom. The minimum absolute atomic E-state index is 0.127. The van der Waals surface area contributed by atoms with Crippen LogP contribution in [-0.2, 0) is 16.1 Å². The third kappa shape index (κ3) is 5.79. The standard InChI is InChI=1S/C32H33FN4O4/c1-4-36-26-19-37(29(20(2)3)30(38)34-18-21-10-8-12-23(33)16-21)31(39)27(26)28(35-32(36)40)22-11-9-15-25(17-22)41-24-13-6-5-7-14-24/h5-17,20,28-29H,4,18-19H2,1-3H3,(H,34,38)(H,35,40)/t28-,29-/m0/s1. The summed E-state index contributed by atoms with van der Waals surface area (Å²) in [6, 6.07) is 20.9. The van der Waals surface area contributed by atoms with Gasteiger partial charge in [-0.05, 0) is 60.4 Å². The van der Waals surface area contributed by atoms with Crippen molar-refractivity contribution in [1.29, 1.82) is 0 Å². The quantitative estimate of drug-likeness (QED) is 0.382. The second-order valence-electron chi connectivity index (χ2n) is 10.4. The second kappa shape index (κ2) is 11.8. The highest BCUT2D eigenvalue weighted by Crippen LogP contribution is 2.39. The molecule has 5 rings (SSSR count). The molecule has 0 saturated carbocycles. The molecule has 0 bridgehead atoms. The van der Waals surface area contributed by atoms with E-state index < -0.39 is 12.1 Å². The number of halogens is 1. The van der Waals surface area contributed by atoms with E-state index in [-0.39, 0.29) is 42.7 Å². The fraction of sp³-hybridized carbons (Fsp3) is 0.281. The van der Waals surface area contributed by atoms with Gasteiger partial charge in [-0.25, -0.2) is 9.18 Å². The van der Waals surface area contributed by atoms with Crippen molar-refractivity contribution in [2.75, 3.05) is 13.1 Å². The topological polar surface area (TPSA) is 91.0 Å². The van der Waals surface area contributed by atoms with Gasteiger partial charge in [-0.3, -0.25) is 14.5 Å². The van der Waals surface area contributed by atoms with Crippen molar-refractivity contribution in [3.05, 3.63) is 107 Å². The van der Waals surface area contributed by atoms with Crippen LogP contribution in [-0.4, -0.2) is 46.8 Å². The van der Waals surface area contributed by atoms with E-state index in [9.17, 15) is 18.8 Å². The average Bonchev–Trinajstić information content (AvgIpc) is 3.28. The van der Waals surface area contributed by atoms with Crippen LogP contribution >= 0.6 is 0 Å². The van der Waals surface area contributed by atoms with Crippen LogP contribution in [0, 0.1) is 11.7 Å². The Morgan fingerprint density at radius 2 is 1.76 bits per heavy atom. The Bertz CT molecular complexity index is 1490. The molecule has 0 unspecified atom stereocenters. The molecule has 2 aliphatic heterocycles. The lowest BCUT2D eigenvalue weighted by atomic mass is 9.95. The van der Waals surface area contributed by atoms with E-state index >= 15 is 0 Å². The van der Waals surface area contributed by atoms with Gasteiger partial charge in [0, 0.05) is 13.1 Å². The number of likely N-dealkylation sites (N-methyl/N-ethyl adjacent to an activating group) is 1. The summed E-state index contributed by atoms with van der Waals surface area (Å²) < 4.78 is 19.6. The number of nitrogens with one attached hydrogen (secondary N) is 2. The predicted octanol–water partition coefficient (Wildman–Crippen LogP) is 5.14. The van der Waals surface area contributed by atoms with Crippen molar-refractivity contribution in [2.24, 2.45) is 5.92 Å². The lowest BCUT2D eigenvalue weighted by molar-refractivity contribution is -0.138. The van der Waals surface area contributed by atoms with Crippen LogP contribution in [0.25, 0.3) is 0 Å². The lowest BCUT2D eigenvalue weighted by Crippen LogP contribution is -2.51. The maximum absolute atomic E-state index is 14.1. The van der Waals surface area contributed by atoms with E-state index in [4.69, 9.17) is 4.74 Å². The first-order chi connectivity index (χ1) is 19.8. The Morgan fingerprint density at radius 3 is 2.46 bits per heavy atom. The minimum Gasteiger partial charge on any atom is -0.457 e. The number of hydrogen-bond acceptors (Lipinski definition) is 4. The van der Waals surface area contributed by atoms with E-state index in [0.717, 1.165) is 0 Å². The van der Waals surface area contributed by atoms with Crippen LogP contribution in [0.1, 0.15) is 37.9 Å². The number of carbonyl (C=O) groups excluding carboxylic acids is 3. The smallest absolute Gasteiger partial charge is 0.322 e. The highest BCUT2D eigenvalue weighted by Gasteiger charge is 2.47. The number of hydrogen-bond donors (Lipinski definition) is 2. The molecule has 2 aliphatic rings. The van der Waals surface area contributed by atoms with Crippen LogP contribution in [0.15, 0.2) is 90.1 Å². The summed E-state index contributed by atoms with van der Waals surface area (Å²) >= 11 is 0. The number of benzene rings is 3. The number of urea groups is 1. The number of ether oxygens (including phenoxy) is 1. The molecule has 2 heterocycles. The van der Waals surface area contributed by atoms with Gasteiger partial charge >= 0.3 is 6.03 Å². The molecule has 9 heteroatoms. The van der Waals surface area contributed by atoms with Crippen molar-refractivity contribution >= 4 is 17.8 Å². The molecule has 8 nitrogen and oxygen atoms in total. The van der Waals surface area contributed by atoms with Crippen LogP contribution in [0.4, 0.5) is 9.18 Å². The van der Waals surface area contributed by atoms with Gasteiger partial charge in [-0.2, -0.15) is 0 Å². The fourth-order valence-corrected chi connectivity index (χ4v) is 5.45. The SMILES string of the molecule is CCN1C(=O)N[C@@H](c2cccc(Oc3ccccc3)c2)C2=C1CN([C@H](C(=O)NCc1cccc(F)c1)C(C)C)C2=O. The van der Waals surface area contributed by atoms with E-state index in [1.807, 2.05) is 75.4 Å². The molecule has 0 radical (unpaired) electrons. The van der Waals surface area contributed by atoms with Gasteiger partial charge < -0.3 is 20.3 Å². The lowest BCUT2D eigenvalue weighted by Gasteiger charge is -2.33. The largest absolute Gasteiger partial charge is 0.457 e. The van der Waals surface area contributed by atoms with Crippen LogP contribution < -0.4 is 15.4 Å². The maximum Gasteiger partial charge on any atom is 0.322 e. The summed E-state index contributed by atoms with van der Waals surface area (Å²) in [5.41, 5.74) is 2.34. The van der Waals surface area contributed by atoms with Crippen LogP contribution in [0.3, 0.4) is 0 Å². The molecule has 0 saturated heterocycles. The van der Waals surface area contributed by atoms with Crippen molar-refractivity contribution in [2.45, 2.75) is 39.4 Å². The van der Waals surface area contributed by atoms with Gasteiger partial charge in [0.1, 0.15) is 23.4 Å². The van der Waals surface area contributed by atoms with Crippen molar-refractivity contribution in [3.8, 4) is 11.5 Å². The molecule has 2 N–H and O–H groups in total. The molecule has 0 fully saturated rings. The molecule has 2 atom stereocenters. The average molecular weight is 557 g/mol. The van der Waals surface area contributed by atoms with E-state index in [1.165, 1.54) is 17.0 Å². The van der Waals surface area contributed by atoms with Gasteiger partial charge in [-0.15, -0.1) is 0 Å². The molecule has 0 aliphatic carbocycles. The third-order valence-corrected chi connectivity index (χ3v) is 7.33. The summed E-state index contributed by atoms with van der Waals surface area (Å²) in [4.78, 5) is 43.8. The molecule has 212 valence electrons. The first kappa shape index (κ1) is 27.9. The van der Waals surface area contributed by atoms with Crippen LogP contribution in [0.2, 0.25) is 0 Å². The number of para-hydroxylation sites is 1. The van der Waals surface area contributed by atoms with Crippen molar-refractivity contribution in [3.63, 3.8) is 0 Å². The van der Waals surface area contributed by atoms with Gasteiger partial charge in [0.15, 0.2) is 0 Å². The number of carbonyl (C=O) groups is 3. The zero-order chi connectivity index (χ0) is 29.1. The highest BCUT2D eigenvalue weighted by molar-refractivity contribution is 6.03. The molecule has 3 aromatic carbocycles.